The highest BCUT2D eigenvalue weighted by Crippen LogP contribution is 2.27. The maximum Gasteiger partial charge on any atom is 0.271 e. The van der Waals surface area contributed by atoms with Gasteiger partial charge in [0.2, 0.25) is 0 Å². The Kier molecular flexibility index (Phi) is 6.21. The van der Waals surface area contributed by atoms with Crippen LogP contribution in [0.3, 0.4) is 0 Å². The van der Waals surface area contributed by atoms with Gasteiger partial charge in [-0.25, -0.2) is 0 Å². The smallest absolute Gasteiger partial charge is 0.271 e. The second-order valence-corrected chi connectivity index (χ2v) is 6.22. The molecular formula is C17H27N3O2. The van der Waals surface area contributed by atoms with Crippen molar-refractivity contribution in [1.29, 1.82) is 0 Å². The van der Waals surface area contributed by atoms with Gasteiger partial charge in [0.25, 0.3) is 5.91 Å². The Bertz CT molecular complexity index is 460. The fourth-order valence-corrected chi connectivity index (χ4v) is 3.08. The van der Waals surface area contributed by atoms with Gasteiger partial charge in [0.15, 0.2) is 0 Å². The number of anilines is 1. The van der Waals surface area contributed by atoms with E-state index in [4.69, 9.17) is 5.73 Å². The first-order valence-electron chi connectivity index (χ1n) is 8.11. The number of aliphatic hydroxyl groups excluding tert-OH is 1. The summed E-state index contributed by atoms with van der Waals surface area (Å²) in [6.07, 6.45) is 5.62. The first-order valence-corrected chi connectivity index (χ1v) is 8.11. The van der Waals surface area contributed by atoms with E-state index in [1.807, 2.05) is 30.3 Å². The predicted octanol–water partition coefficient (Wildman–Crippen LogP) is 2.13. The minimum absolute atomic E-state index is 0.396. The standard InChI is InChI=1S/C17H27N3O2/c1-20(19-14-10-6-3-7-11-14)17(22)16(21)15(18)12-13-8-4-2-5-9-13/h3,6-7,10-11,13,15-16,19,21H,2,4-5,8-9,12,18H2,1H3/t15-,16?/m1/s1. The van der Waals surface area contributed by atoms with Crippen LogP contribution in [0.4, 0.5) is 5.69 Å². The van der Waals surface area contributed by atoms with Crippen molar-refractivity contribution in [3.63, 3.8) is 0 Å². The lowest BCUT2D eigenvalue weighted by molar-refractivity contribution is -0.138. The molecule has 1 aliphatic rings. The summed E-state index contributed by atoms with van der Waals surface area (Å²) in [5.41, 5.74) is 9.80. The SMILES string of the molecule is CN(Nc1ccccc1)C(=O)C(O)[C@H](N)CC1CCCCC1. The Morgan fingerprint density at radius 1 is 1.32 bits per heavy atom. The van der Waals surface area contributed by atoms with Gasteiger partial charge in [-0.05, 0) is 24.5 Å². The van der Waals surface area contributed by atoms with Crippen LogP contribution in [0.1, 0.15) is 38.5 Å². The molecule has 0 radical (unpaired) electrons. The first kappa shape index (κ1) is 16.8. The molecule has 22 heavy (non-hydrogen) atoms. The maximum absolute atomic E-state index is 12.3. The van der Waals surface area contributed by atoms with Crippen molar-refractivity contribution in [1.82, 2.24) is 5.01 Å². The third-order valence-electron chi connectivity index (χ3n) is 4.39. The molecule has 122 valence electrons. The summed E-state index contributed by atoms with van der Waals surface area (Å²) in [7, 11) is 1.60. The average molecular weight is 305 g/mol. The Morgan fingerprint density at radius 2 is 1.95 bits per heavy atom. The number of benzene rings is 1. The second kappa shape index (κ2) is 8.15. The van der Waals surface area contributed by atoms with Gasteiger partial charge in [0, 0.05) is 13.1 Å². The van der Waals surface area contributed by atoms with Gasteiger partial charge >= 0.3 is 0 Å². The number of rotatable bonds is 6. The van der Waals surface area contributed by atoms with Gasteiger partial charge in [-0.15, -0.1) is 0 Å². The van der Waals surface area contributed by atoms with Gasteiger partial charge < -0.3 is 10.8 Å². The van der Waals surface area contributed by atoms with Crippen molar-refractivity contribution in [3.05, 3.63) is 30.3 Å². The minimum atomic E-state index is -1.16. The monoisotopic (exact) mass is 305 g/mol. The summed E-state index contributed by atoms with van der Waals surface area (Å²) in [6, 6.07) is 8.88. The zero-order valence-electron chi connectivity index (χ0n) is 13.2. The molecule has 1 fully saturated rings. The van der Waals surface area contributed by atoms with Crippen molar-refractivity contribution in [2.45, 2.75) is 50.7 Å². The lowest BCUT2D eigenvalue weighted by Gasteiger charge is -2.29. The molecule has 2 rings (SSSR count). The van der Waals surface area contributed by atoms with E-state index >= 15 is 0 Å². The first-order chi connectivity index (χ1) is 10.6. The molecule has 0 saturated heterocycles. The van der Waals surface area contributed by atoms with E-state index in [2.05, 4.69) is 5.43 Å². The molecule has 0 heterocycles. The van der Waals surface area contributed by atoms with Gasteiger partial charge in [-0.3, -0.25) is 15.2 Å². The van der Waals surface area contributed by atoms with Crippen LogP contribution in [0.2, 0.25) is 0 Å². The number of carbonyl (C=O) groups is 1. The number of likely N-dealkylation sites (N-methyl/N-ethyl adjacent to an activating group) is 1. The molecule has 4 N–H and O–H groups in total. The number of nitrogens with zero attached hydrogens (tertiary/aromatic N) is 1. The van der Waals surface area contributed by atoms with Crippen LogP contribution in [0.5, 0.6) is 0 Å². The number of hydrogen-bond donors (Lipinski definition) is 3. The molecular weight excluding hydrogens is 278 g/mol. The van der Waals surface area contributed by atoms with E-state index < -0.39 is 18.1 Å². The molecule has 1 saturated carbocycles. The van der Waals surface area contributed by atoms with E-state index in [1.165, 1.54) is 24.3 Å². The van der Waals surface area contributed by atoms with Crippen LogP contribution in [-0.2, 0) is 4.79 Å². The van der Waals surface area contributed by atoms with Crippen molar-refractivity contribution in [2.24, 2.45) is 11.7 Å². The van der Waals surface area contributed by atoms with Crippen LogP contribution in [0, 0.1) is 5.92 Å². The molecule has 5 heteroatoms. The second-order valence-electron chi connectivity index (χ2n) is 6.22. The average Bonchev–Trinajstić information content (AvgIpc) is 2.55. The molecule has 5 nitrogen and oxygen atoms in total. The zero-order chi connectivity index (χ0) is 15.9. The van der Waals surface area contributed by atoms with Gasteiger partial charge in [0.05, 0.1) is 5.69 Å². The quantitative estimate of drug-likeness (QED) is 0.704. The molecule has 1 aromatic carbocycles. The molecule has 0 spiro atoms. The lowest BCUT2D eigenvalue weighted by Crippen LogP contribution is -2.49. The number of hydrazine groups is 1. The molecule has 0 bridgehead atoms. The number of amides is 1. The number of para-hydroxylation sites is 1. The molecule has 0 aliphatic heterocycles. The van der Waals surface area contributed by atoms with Gasteiger partial charge in [0.1, 0.15) is 6.10 Å². The maximum atomic E-state index is 12.3. The Morgan fingerprint density at radius 3 is 2.59 bits per heavy atom. The fourth-order valence-electron chi connectivity index (χ4n) is 3.08. The number of nitrogens with one attached hydrogen (secondary N) is 1. The highest BCUT2D eigenvalue weighted by atomic mass is 16.3. The van der Waals surface area contributed by atoms with E-state index in [0.29, 0.717) is 12.3 Å². The van der Waals surface area contributed by atoms with E-state index in [9.17, 15) is 9.90 Å². The number of hydrogen-bond acceptors (Lipinski definition) is 4. The molecule has 1 aliphatic carbocycles. The molecule has 1 amide bonds. The van der Waals surface area contributed by atoms with Crippen molar-refractivity contribution >= 4 is 11.6 Å². The fraction of sp³-hybridized carbons (Fsp3) is 0.588. The summed E-state index contributed by atoms with van der Waals surface area (Å²) < 4.78 is 0. The lowest BCUT2D eigenvalue weighted by atomic mass is 9.84. The third kappa shape index (κ3) is 4.71. The van der Waals surface area contributed by atoms with Crippen molar-refractivity contribution < 1.29 is 9.90 Å². The number of aliphatic hydroxyl groups is 1. The molecule has 2 atom stereocenters. The Hall–Kier alpha value is -1.59. The summed E-state index contributed by atoms with van der Waals surface area (Å²) >= 11 is 0. The molecule has 1 aromatic rings. The highest BCUT2D eigenvalue weighted by molar-refractivity contribution is 5.82. The topological polar surface area (TPSA) is 78.6 Å². The van der Waals surface area contributed by atoms with Crippen LogP contribution in [0.25, 0.3) is 0 Å². The van der Waals surface area contributed by atoms with E-state index in [-0.39, 0.29) is 0 Å². The van der Waals surface area contributed by atoms with Crippen molar-refractivity contribution in [3.8, 4) is 0 Å². The van der Waals surface area contributed by atoms with E-state index in [0.717, 1.165) is 18.5 Å². The summed E-state index contributed by atoms with van der Waals surface area (Å²) in [4.78, 5) is 12.3. The minimum Gasteiger partial charge on any atom is -0.382 e. The Balaban J connectivity index is 1.84. The largest absolute Gasteiger partial charge is 0.382 e. The van der Waals surface area contributed by atoms with Gasteiger partial charge in [-0.2, -0.15) is 0 Å². The van der Waals surface area contributed by atoms with Crippen LogP contribution in [0.15, 0.2) is 30.3 Å². The zero-order valence-corrected chi connectivity index (χ0v) is 13.2. The normalized spacial score (nSPS) is 18.5. The highest BCUT2D eigenvalue weighted by Gasteiger charge is 2.28. The van der Waals surface area contributed by atoms with Crippen LogP contribution in [-0.4, -0.2) is 35.2 Å². The number of nitrogens with two attached hydrogens (primary N) is 1. The van der Waals surface area contributed by atoms with Gasteiger partial charge in [-0.1, -0.05) is 50.3 Å². The third-order valence-corrected chi connectivity index (χ3v) is 4.39. The summed E-state index contributed by atoms with van der Waals surface area (Å²) in [5.74, 6) is 0.144. The van der Waals surface area contributed by atoms with Crippen LogP contribution >= 0.6 is 0 Å². The molecule has 0 aromatic heterocycles. The number of carbonyl (C=O) groups excluding carboxylic acids is 1. The Labute approximate surface area is 132 Å². The summed E-state index contributed by atoms with van der Waals surface area (Å²) in [6.45, 7) is 0. The van der Waals surface area contributed by atoms with E-state index in [1.54, 1.807) is 7.05 Å². The molecule has 1 unspecified atom stereocenters. The summed E-state index contributed by atoms with van der Waals surface area (Å²) in [5, 5.41) is 11.5. The van der Waals surface area contributed by atoms with Crippen LogP contribution < -0.4 is 11.2 Å². The predicted molar refractivity (Wildman–Crippen MR) is 88.0 cm³/mol. The van der Waals surface area contributed by atoms with Crippen molar-refractivity contribution in [2.75, 3.05) is 12.5 Å².